The molecule has 3 aliphatic heterocycles. The highest BCUT2D eigenvalue weighted by Crippen LogP contribution is 2.42. The third-order valence-corrected chi connectivity index (χ3v) is 7.16. The molecule has 8 heteroatoms. The molecule has 0 aliphatic carbocycles. The molecule has 1 N–H and O–H groups in total. The Morgan fingerprint density at radius 1 is 1.31 bits per heavy atom. The fourth-order valence-electron chi connectivity index (χ4n) is 5.19. The van der Waals surface area contributed by atoms with Crippen LogP contribution in [0.1, 0.15) is 44.5 Å². The molecule has 0 spiro atoms. The average Bonchev–Trinajstić information content (AvgIpc) is 3.43. The van der Waals surface area contributed by atoms with Crippen LogP contribution in [0.5, 0.6) is 0 Å². The highest BCUT2D eigenvalue weighted by atomic mass is 32.1. The van der Waals surface area contributed by atoms with Crippen molar-refractivity contribution in [3.05, 3.63) is 16.6 Å². The molecule has 0 unspecified atom stereocenters. The van der Waals surface area contributed by atoms with E-state index in [0.29, 0.717) is 19.4 Å². The molecule has 7 nitrogen and oxygen atoms in total. The number of rotatable bonds is 7. The zero-order valence-electron chi connectivity index (χ0n) is 17.4. The predicted molar refractivity (Wildman–Crippen MR) is 111 cm³/mol. The second kappa shape index (κ2) is 9.10. The Morgan fingerprint density at radius 3 is 2.79 bits per heavy atom. The zero-order valence-corrected chi connectivity index (χ0v) is 18.2. The van der Waals surface area contributed by atoms with Crippen LogP contribution in [0, 0.1) is 11.8 Å². The van der Waals surface area contributed by atoms with Gasteiger partial charge in [0.1, 0.15) is 5.01 Å². The van der Waals surface area contributed by atoms with Crippen LogP contribution in [0.3, 0.4) is 0 Å². The van der Waals surface area contributed by atoms with Crippen LogP contribution >= 0.6 is 11.3 Å². The smallest absolute Gasteiger partial charge is 0.225 e. The van der Waals surface area contributed by atoms with Crippen molar-refractivity contribution in [2.45, 2.75) is 64.3 Å². The van der Waals surface area contributed by atoms with E-state index in [2.05, 4.69) is 15.2 Å². The van der Waals surface area contributed by atoms with Gasteiger partial charge in [-0.2, -0.15) is 0 Å². The van der Waals surface area contributed by atoms with Gasteiger partial charge in [0.2, 0.25) is 11.8 Å². The molecule has 0 saturated carbocycles. The Bertz CT molecular complexity index is 705. The van der Waals surface area contributed by atoms with Crippen molar-refractivity contribution >= 4 is 23.2 Å². The summed E-state index contributed by atoms with van der Waals surface area (Å²) in [5.74, 6) is 0.727. The van der Waals surface area contributed by atoms with Gasteiger partial charge >= 0.3 is 0 Å². The van der Waals surface area contributed by atoms with Crippen molar-refractivity contribution < 1.29 is 14.3 Å². The fraction of sp³-hybridized carbons (Fsp3) is 0.762. The maximum Gasteiger partial charge on any atom is 0.225 e. The topological polar surface area (TPSA) is 74.8 Å². The second-order valence-electron chi connectivity index (χ2n) is 8.85. The van der Waals surface area contributed by atoms with Crippen LogP contribution in [0.25, 0.3) is 0 Å². The van der Waals surface area contributed by atoms with Crippen LogP contribution in [0.2, 0.25) is 0 Å². The van der Waals surface area contributed by atoms with Crippen molar-refractivity contribution in [3.63, 3.8) is 0 Å². The SMILES string of the molecule is CC(C)NC(=O)C[C@@H]1CN(Cc2nccs2)[C@@H]2CO[C@@H](CC(=O)N3CCCC3)[C@H]12. The zero-order chi connectivity index (χ0) is 20.4. The Hall–Kier alpha value is -1.51. The van der Waals surface area contributed by atoms with Crippen LogP contribution < -0.4 is 5.32 Å². The number of fused-ring (bicyclic) bond motifs is 1. The van der Waals surface area contributed by atoms with E-state index in [1.54, 1.807) is 11.3 Å². The Labute approximate surface area is 176 Å². The molecule has 3 saturated heterocycles. The van der Waals surface area contributed by atoms with Gasteiger partial charge in [-0.1, -0.05) is 0 Å². The molecule has 0 aromatic carbocycles. The highest BCUT2D eigenvalue weighted by Gasteiger charge is 2.51. The quantitative estimate of drug-likeness (QED) is 0.729. The van der Waals surface area contributed by atoms with Gasteiger partial charge < -0.3 is 15.0 Å². The maximum atomic E-state index is 12.7. The number of ether oxygens (including phenoxy) is 1. The monoisotopic (exact) mass is 420 g/mol. The number of carbonyl (C=O) groups is 2. The number of hydrogen-bond donors (Lipinski definition) is 1. The Morgan fingerprint density at radius 2 is 2.10 bits per heavy atom. The van der Waals surface area contributed by atoms with Crippen molar-refractivity contribution in [1.82, 2.24) is 20.1 Å². The summed E-state index contributed by atoms with van der Waals surface area (Å²) in [5.41, 5.74) is 0. The number of likely N-dealkylation sites (tertiary alicyclic amines) is 2. The molecule has 2 amide bonds. The molecular formula is C21H32N4O3S. The molecule has 29 heavy (non-hydrogen) atoms. The van der Waals surface area contributed by atoms with Crippen molar-refractivity contribution in [3.8, 4) is 0 Å². The summed E-state index contributed by atoms with van der Waals surface area (Å²) in [7, 11) is 0. The molecular weight excluding hydrogens is 388 g/mol. The lowest BCUT2D eigenvalue weighted by Crippen LogP contribution is -2.37. The van der Waals surface area contributed by atoms with Gasteiger partial charge in [0.25, 0.3) is 0 Å². The fourth-order valence-corrected chi connectivity index (χ4v) is 5.83. The van der Waals surface area contributed by atoms with Gasteiger partial charge in [-0.25, -0.2) is 4.98 Å². The molecule has 4 heterocycles. The first-order valence-corrected chi connectivity index (χ1v) is 11.7. The van der Waals surface area contributed by atoms with Crippen molar-refractivity contribution in [1.29, 1.82) is 0 Å². The first-order chi connectivity index (χ1) is 14.0. The minimum Gasteiger partial charge on any atom is -0.376 e. The van der Waals surface area contributed by atoms with E-state index >= 15 is 0 Å². The number of nitrogens with one attached hydrogen (secondary N) is 1. The van der Waals surface area contributed by atoms with E-state index in [1.165, 1.54) is 0 Å². The highest BCUT2D eigenvalue weighted by molar-refractivity contribution is 7.09. The largest absolute Gasteiger partial charge is 0.376 e. The molecule has 1 aromatic heterocycles. The molecule has 3 aliphatic rings. The molecule has 0 radical (unpaired) electrons. The molecule has 160 valence electrons. The van der Waals surface area contributed by atoms with Crippen molar-refractivity contribution in [2.75, 3.05) is 26.2 Å². The second-order valence-corrected chi connectivity index (χ2v) is 9.83. The van der Waals surface area contributed by atoms with Crippen LogP contribution in [-0.2, 0) is 20.9 Å². The van der Waals surface area contributed by atoms with E-state index in [9.17, 15) is 9.59 Å². The minimum absolute atomic E-state index is 0.0914. The summed E-state index contributed by atoms with van der Waals surface area (Å²) in [6.07, 6.45) is 4.88. The molecule has 4 atom stereocenters. The lowest BCUT2D eigenvalue weighted by molar-refractivity contribution is -0.133. The minimum atomic E-state index is -0.0914. The standard InChI is InChI=1S/C21H32N4O3S/c1-14(2)23-18(26)9-15-11-25(12-19-22-5-8-29-19)16-13-28-17(21(15)16)10-20(27)24-6-3-4-7-24/h5,8,14-17,21H,3-4,6-7,9-13H2,1-2H3,(H,23,26)/t15-,16-,17+,21-/m1/s1. The molecule has 0 bridgehead atoms. The normalized spacial score (nSPS) is 29.6. The van der Waals surface area contributed by atoms with E-state index in [1.807, 2.05) is 30.3 Å². The predicted octanol–water partition coefficient (Wildman–Crippen LogP) is 1.89. The summed E-state index contributed by atoms with van der Waals surface area (Å²) in [5, 5.41) is 6.12. The van der Waals surface area contributed by atoms with E-state index in [0.717, 1.165) is 44.0 Å². The third-order valence-electron chi connectivity index (χ3n) is 6.39. The lowest BCUT2D eigenvalue weighted by Gasteiger charge is -2.25. The van der Waals surface area contributed by atoms with Gasteiger partial charge in [-0.15, -0.1) is 11.3 Å². The number of carbonyl (C=O) groups excluding carboxylic acids is 2. The maximum absolute atomic E-state index is 12.7. The summed E-state index contributed by atoms with van der Waals surface area (Å²) >= 11 is 1.66. The molecule has 3 fully saturated rings. The average molecular weight is 421 g/mol. The molecule has 1 aromatic rings. The summed E-state index contributed by atoms with van der Waals surface area (Å²) in [6, 6.07) is 0.394. The first kappa shape index (κ1) is 20.8. The summed E-state index contributed by atoms with van der Waals surface area (Å²) in [4.78, 5) is 34.1. The summed E-state index contributed by atoms with van der Waals surface area (Å²) in [6.45, 7) is 8.00. The third kappa shape index (κ3) is 4.81. The van der Waals surface area contributed by atoms with Gasteiger partial charge in [-0.3, -0.25) is 14.5 Å². The van der Waals surface area contributed by atoms with E-state index in [4.69, 9.17) is 4.74 Å². The van der Waals surface area contributed by atoms with Crippen molar-refractivity contribution in [2.24, 2.45) is 11.8 Å². The number of amides is 2. The summed E-state index contributed by atoms with van der Waals surface area (Å²) < 4.78 is 6.15. The van der Waals surface area contributed by atoms with Gasteiger partial charge in [-0.05, 0) is 32.6 Å². The molecule has 4 rings (SSSR count). The Kier molecular flexibility index (Phi) is 6.51. The van der Waals surface area contributed by atoms with Crippen LogP contribution in [-0.4, -0.2) is 71.0 Å². The first-order valence-electron chi connectivity index (χ1n) is 10.8. The number of hydrogen-bond acceptors (Lipinski definition) is 6. The van der Waals surface area contributed by atoms with E-state index < -0.39 is 0 Å². The number of nitrogens with zero attached hydrogens (tertiary/aromatic N) is 3. The van der Waals surface area contributed by atoms with Gasteiger partial charge in [0.15, 0.2) is 0 Å². The van der Waals surface area contributed by atoms with Crippen LogP contribution in [0.15, 0.2) is 11.6 Å². The Balaban J connectivity index is 1.46. The lowest BCUT2D eigenvalue weighted by atomic mass is 9.84. The van der Waals surface area contributed by atoms with E-state index in [-0.39, 0.29) is 41.8 Å². The van der Waals surface area contributed by atoms with Crippen LogP contribution in [0.4, 0.5) is 0 Å². The van der Waals surface area contributed by atoms with Gasteiger partial charge in [0, 0.05) is 55.6 Å². The number of aromatic nitrogens is 1. The van der Waals surface area contributed by atoms with Gasteiger partial charge in [0.05, 0.1) is 25.7 Å². The number of thiazole rings is 1.